The van der Waals surface area contributed by atoms with Gasteiger partial charge in [0.25, 0.3) is 5.91 Å². The highest BCUT2D eigenvalue weighted by Gasteiger charge is 2.23. The van der Waals surface area contributed by atoms with E-state index in [1.165, 1.54) is 17.4 Å². The third-order valence-electron chi connectivity index (χ3n) is 4.56. The van der Waals surface area contributed by atoms with Crippen LogP contribution in [-0.2, 0) is 25.1 Å². The van der Waals surface area contributed by atoms with Crippen LogP contribution in [0.2, 0.25) is 0 Å². The number of rotatable bonds is 9. The molecule has 0 aliphatic heterocycles. The van der Waals surface area contributed by atoms with Gasteiger partial charge in [-0.15, -0.1) is 11.3 Å². The van der Waals surface area contributed by atoms with E-state index in [4.69, 9.17) is 9.47 Å². The molecule has 7 nitrogen and oxygen atoms in total. The first-order valence-electron chi connectivity index (χ1n) is 10.2. The van der Waals surface area contributed by atoms with E-state index in [0.29, 0.717) is 21.2 Å². The molecule has 0 fully saturated rings. The van der Waals surface area contributed by atoms with Crippen LogP contribution in [0, 0.1) is 0 Å². The zero-order valence-corrected chi connectivity index (χ0v) is 19.8. The molecule has 2 aromatic carbocycles. The molecule has 0 saturated heterocycles. The average Bonchev–Trinajstić information content (AvgIpc) is 3.26. The van der Waals surface area contributed by atoms with E-state index >= 15 is 0 Å². The Kier molecular flexibility index (Phi) is 8.51. The van der Waals surface area contributed by atoms with Crippen molar-refractivity contribution in [2.75, 3.05) is 24.3 Å². The second-order valence-electron chi connectivity index (χ2n) is 6.69. The van der Waals surface area contributed by atoms with Gasteiger partial charge in [-0.2, -0.15) is 0 Å². The Morgan fingerprint density at radius 3 is 2.33 bits per heavy atom. The van der Waals surface area contributed by atoms with Crippen molar-refractivity contribution < 1.29 is 28.1 Å². The molecule has 1 N–H and O–H groups in total. The number of amides is 1. The molecule has 0 unspecified atom stereocenters. The summed E-state index contributed by atoms with van der Waals surface area (Å²) in [6.45, 7) is 3.07. The predicted molar refractivity (Wildman–Crippen MR) is 128 cm³/mol. The van der Waals surface area contributed by atoms with Crippen LogP contribution in [0.5, 0.6) is 0 Å². The minimum atomic E-state index is -1.35. The van der Waals surface area contributed by atoms with Crippen LogP contribution in [-0.4, -0.2) is 41.0 Å². The zero-order chi connectivity index (χ0) is 23.8. The van der Waals surface area contributed by atoms with E-state index in [-0.39, 0.29) is 17.7 Å². The molecule has 0 radical (unpaired) electrons. The number of hydrogen-bond acceptors (Lipinski definition) is 7. The van der Waals surface area contributed by atoms with E-state index in [1.54, 1.807) is 37.4 Å². The minimum absolute atomic E-state index is 0.153. The lowest BCUT2D eigenvalue weighted by Gasteiger charge is -2.10. The molecule has 1 aromatic heterocycles. The van der Waals surface area contributed by atoms with Crippen LogP contribution in [0.25, 0.3) is 11.1 Å². The van der Waals surface area contributed by atoms with E-state index in [9.17, 15) is 18.6 Å². The maximum atomic E-state index is 12.6. The van der Waals surface area contributed by atoms with E-state index in [2.05, 4.69) is 5.32 Å². The Labute approximate surface area is 198 Å². The molecular weight excluding hydrogens is 462 g/mol. The smallest absolute Gasteiger partial charge is 0.341 e. The second kappa shape index (κ2) is 11.5. The SMILES string of the molecule is CCOC(=O)c1c(-c2ccccc2)csc1NC(=O)COC(=O)c1ccccc1[S@](=O)CC. The van der Waals surface area contributed by atoms with Gasteiger partial charge in [0.1, 0.15) is 10.6 Å². The van der Waals surface area contributed by atoms with Crippen molar-refractivity contribution in [2.24, 2.45) is 0 Å². The first-order chi connectivity index (χ1) is 16.0. The molecule has 33 heavy (non-hydrogen) atoms. The molecule has 9 heteroatoms. The number of anilines is 1. The summed E-state index contributed by atoms with van der Waals surface area (Å²) in [5, 5.41) is 4.71. The van der Waals surface area contributed by atoms with Crippen LogP contribution in [0.3, 0.4) is 0 Å². The first kappa shape index (κ1) is 24.3. The molecule has 1 atom stereocenters. The Morgan fingerprint density at radius 2 is 1.64 bits per heavy atom. The summed E-state index contributed by atoms with van der Waals surface area (Å²) in [4.78, 5) is 38.0. The molecule has 3 rings (SSSR count). The largest absolute Gasteiger partial charge is 0.462 e. The molecule has 0 aliphatic carbocycles. The first-order valence-corrected chi connectivity index (χ1v) is 12.4. The van der Waals surface area contributed by atoms with E-state index < -0.39 is 35.3 Å². The third kappa shape index (κ3) is 5.94. The monoisotopic (exact) mass is 485 g/mol. The molecule has 0 bridgehead atoms. The fourth-order valence-corrected chi connectivity index (χ4v) is 4.96. The molecule has 0 spiro atoms. The number of carbonyl (C=O) groups excluding carboxylic acids is 3. The third-order valence-corrected chi connectivity index (χ3v) is 6.82. The van der Waals surface area contributed by atoms with Gasteiger partial charge in [-0.1, -0.05) is 49.4 Å². The normalized spacial score (nSPS) is 11.5. The Hall–Kier alpha value is -3.30. The number of esters is 2. The zero-order valence-electron chi connectivity index (χ0n) is 18.2. The van der Waals surface area contributed by atoms with Crippen molar-refractivity contribution in [3.05, 3.63) is 71.1 Å². The van der Waals surface area contributed by atoms with Crippen molar-refractivity contribution in [1.82, 2.24) is 0 Å². The van der Waals surface area contributed by atoms with Gasteiger partial charge in [0.15, 0.2) is 6.61 Å². The second-order valence-corrected chi connectivity index (χ2v) is 9.28. The molecule has 1 heterocycles. The van der Waals surface area contributed by atoms with E-state index in [1.807, 2.05) is 30.3 Å². The Morgan fingerprint density at radius 1 is 0.939 bits per heavy atom. The average molecular weight is 486 g/mol. The van der Waals surface area contributed by atoms with Crippen molar-refractivity contribution in [2.45, 2.75) is 18.7 Å². The topological polar surface area (TPSA) is 98.8 Å². The molecule has 0 aliphatic rings. The summed E-state index contributed by atoms with van der Waals surface area (Å²) in [7, 11) is -1.35. The van der Waals surface area contributed by atoms with Crippen molar-refractivity contribution >= 4 is 45.0 Å². The quantitative estimate of drug-likeness (QED) is 0.448. The number of thiophene rings is 1. The molecule has 3 aromatic rings. The highest BCUT2D eigenvalue weighted by atomic mass is 32.2. The van der Waals surface area contributed by atoms with Gasteiger partial charge in [0, 0.05) is 16.7 Å². The van der Waals surface area contributed by atoms with E-state index in [0.717, 1.165) is 5.56 Å². The Balaban J connectivity index is 1.75. The van der Waals surface area contributed by atoms with Crippen LogP contribution in [0.15, 0.2) is 64.9 Å². The maximum absolute atomic E-state index is 12.6. The predicted octanol–water partition coefficient (Wildman–Crippen LogP) is 4.51. The summed E-state index contributed by atoms with van der Waals surface area (Å²) in [6.07, 6.45) is 0. The lowest BCUT2D eigenvalue weighted by Crippen LogP contribution is -2.22. The summed E-state index contributed by atoms with van der Waals surface area (Å²) >= 11 is 1.18. The summed E-state index contributed by atoms with van der Waals surface area (Å²) in [5.74, 6) is -1.56. The number of ether oxygens (including phenoxy) is 2. The summed E-state index contributed by atoms with van der Waals surface area (Å²) < 4.78 is 22.5. The van der Waals surface area contributed by atoms with Crippen LogP contribution in [0.4, 0.5) is 5.00 Å². The number of carbonyl (C=O) groups is 3. The van der Waals surface area contributed by atoms with Gasteiger partial charge in [0.2, 0.25) is 0 Å². The van der Waals surface area contributed by atoms with Crippen LogP contribution >= 0.6 is 11.3 Å². The number of benzene rings is 2. The standard InChI is InChI=1S/C24H23NO6S2/c1-3-30-24(28)21-18(16-10-6-5-7-11-16)15-32-22(21)25-20(26)14-31-23(27)17-12-8-9-13-19(17)33(29)4-2/h5-13,15H,3-4,14H2,1-2H3,(H,25,26)/t33-/m1/s1. The fraction of sp³-hybridized carbons (Fsp3) is 0.208. The Bertz CT molecular complexity index is 1170. The lowest BCUT2D eigenvalue weighted by molar-refractivity contribution is -0.119. The highest BCUT2D eigenvalue weighted by Crippen LogP contribution is 2.36. The van der Waals surface area contributed by atoms with Gasteiger partial charge in [0.05, 0.1) is 27.9 Å². The fourth-order valence-electron chi connectivity index (χ4n) is 3.05. The van der Waals surface area contributed by atoms with Gasteiger partial charge in [-0.3, -0.25) is 9.00 Å². The van der Waals surface area contributed by atoms with Gasteiger partial charge in [-0.05, 0) is 24.6 Å². The maximum Gasteiger partial charge on any atom is 0.341 e. The van der Waals surface area contributed by atoms with Crippen LogP contribution < -0.4 is 5.32 Å². The molecule has 0 saturated carbocycles. The number of nitrogens with one attached hydrogen (secondary N) is 1. The lowest BCUT2D eigenvalue weighted by atomic mass is 10.0. The highest BCUT2D eigenvalue weighted by molar-refractivity contribution is 7.85. The van der Waals surface area contributed by atoms with Crippen LogP contribution in [0.1, 0.15) is 34.6 Å². The summed E-state index contributed by atoms with van der Waals surface area (Å²) in [5.41, 5.74) is 1.85. The van der Waals surface area contributed by atoms with Crippen molar-refractivity contribution in [3.8, 4) is 11.1 Å². The van der Waals surface area contributed by atoms with Gasteiger partial charge >= 0.3 is 11.9 Å². The van der Waals surface area contributed by atoms with Gasteiger partial charge < -0.3 is 14.8 Å². The van der Waals surface area contributed by atoms with Crippen molar-refractivity contribution in [3.63, 3.8) is 0 Å². The molecule has 1 amide bonds. The molecular formula is C24H23NO6S2. The van der Waals surface area contributed by atoms with Crippen molar-refractivity contribution in [1.29, 1.82) is 0 Å². The van der Waals surface area contributed by atoms with Gasteiger partial charge in [-0.25, -0.2) is 9.59 Å². The number of hydrogen-bond donors (Lipinski definition) is 1. The summed E-state index contributed by atoms with van der Waals surface area (Å²) in [6, 6.07) is 15.7. The minimum Gasteiger partial charge on any atom is -0.462 e. The molecule has 172 valence electrons.